The number of carbonyl (C=O) groups excluding carboxylic acids is 1. The smallest absolute Gasteiger partial charge is 0.239 e. The van der Waals surface area contributed by atoms with E-state index in [2.05, 4.69) is 46.2 Å². The Morgan fingerprint density at radius 1 is 1.40 bits per heavy atom. The summed E-state index contributed by atoms with van der Waals surface area (Å²) >= 11 is 0. The molecule has 3 rings (SSSR count). The number of rotatable bonds is 4. The van der Waals surface area contributed by atoms with Crippen LogP contribution >= 0.6 is 0 Å². The maximum Gasteiger partial charge on any atom is 0.239 e. The standard InChI is InChI=1S/C17H26N6O2/c1-11-9-14(23(20-11)17(3,4)5)19-15(24)10-22-8-6-7-13(22)16-18-12(2)25-21-16/h9,13H,6-8,10H2,1-5H3,(H,19,24)/t13-/m1/s1. The predicted octanol–water partition coefficient (Wildman–Crippen LogP) is 2.41. The lowest BCUT2D eigenvalue weighted by molar-refractivity contribution is -0.117. The van der Waals surface area contributed by atoms with Crippen LogP contribution in [-0.4, -0.2) is 43.8 Å². The van der Waals surface area contributed by atoms with E-state index in [9.17, 15) is 4.79 Å². The molecule has 25 heavy (non-hydrogen) atoms. The quantitative estimate of drug-likeness (QED) is 0.914. The van der Waals surface area contributed by atoms with E-state index in [1.165, 1.54) is 0 Å². The summed E-state index contributed by atoms with van der Waals surface area (Å²) in [6.45, 7) is 11.0. The monoisotopic (exact) mass is 346 g/mol. The number of anilines is 1. The third-order valence-electron chi connectivity index (χ3n) is 4.29. The minimum atomic E-state index is -0.199. The van der Waals surface area contributed by atoms with Crippen molar-refractivity contribution >= 4 is 11.7 Å². The highest BCUT2D eigenvalue weighted by molar-refractivity contribution is 5.91. The molecule has 1 fully saturated rings. The Kier molecular flexibility index (Phi) is 4.64. The fourth-order valence-corrected chi connectivity index (χ4v) is 3.22. The van der Waals surface area contributed by atoms with E-state index >= 15 is 0 Å². The molecule has 0 saturated carbocycles. The van der Waals surface area contributed by atoms with Crippen LogP contribution < -0.4 is 5.32 Å². The van der Waals surface area contributed by atoms with E-state index in [1.807, 2.05) is 17.7 Å². The highest BCUT2D eigenvalue weighted by Gasteiger charge is 2.31. The van der Waals surface area contributed by atoms with Crippen molar-refractivity contribution in [3.05, 3.63) is 23.5 Å². The number of aromatic nitrogens is 4. The van der Waals surface area contributed by atoms with Crippen LogP contribution in [0, 0.1) is 13.8 Å². The van der Waals surface area contributed by atoms with Gasteiger partial charge in [0.05, 0.1) is 23.8 Å². The van der Waals surface area contributed by atoms with E-state index < -0.39 is 0 Å². The lowest BCUT2D eigenvalue weighted by atomic mass is 10.1. The molecule has 2 aromatic rings. The summed E-state index contributed by atoms with van der Waals surface area (Å²) in [5, 5.41) is 11.5. The van der Waals surface area contributed by atoms with Gasteiger partial charge in [-0.3, -0.25) is 9.69 Å². The molecule has 0 aliphatic carbocycles. The van der Waals surface area contributed by atoms with Gasteiger partial charge in [-0.25, -0.2) is 4.68 Å². The van der Waals surface area contributed by atoms with Crippen molar-refractivity contribution in [1.82, 2.24) is 24.8 Å². The van der Waals surface area contributed by atoms with Crippen molar-refractivity contribution < 1.29 is 9.32 Å². The van der Waals surface area contributed by atoms with Crippen molar-refractivity contribution in [3.8, 4) is 0 Å². The number of hydrogen-bond donors (Lipinski definition) is 1. The Labute approximate surface area is 147 Å². The maximum absolute atomic E-state index is 12.6. The summed E-state index contributed by atoms with van der Waals surface area (Å²) in [6, 6.07) is 1.94. The number of nitrogens with zero attached hydrogens (tertiary/aromatic N) is 5. The Morgan fingerprint density at radius 2 is 2.16 bits per heavy atom. The van der Waals surface area contributed by atoms with Gasteiger partial charge in [0.2, 0.25) is 11.8 Å². The van der Waals surface area contributed by atoms with Crippen LogP contribution in [0.25, 0.3) is 0 Å². The molecule has 1 aliphatic rings. The molecule has 0 aromatic carbocycles. The van der Waals surface area contributed by atoms with Crippen LogP contribution in [0.15, 0.2) is 10.6 Å². The van der Waals surface area contributed by atoms with Crippen molar-refractivity contribution in [1.29, 1.82) is 0 Å². The molecule has 1 saturated heterocycles. The van der Waals surface area contributed by atoms with Crippen LogP contribution in [0.2, 0.25) is 0 Å². The third kappa shape index (κ3) is 3.89. The van der Waals surface area contributed by atoms with Gasteiger partial charge in [-0.15, -0.1) is 0 Å². The van der Waals surface area contributed by atoms with Gasteiger partial charge >= 0.3 is 0 Å². The summed E-state index contributed by atoms with van der Waals surface area (Å²) in [7, 11) is 0. The highest BCUT2D eigenvalue weighted by atomic mass is 16.5. The van der Waals surface area contributed by atoms with E-state index in [1.54, 1.807) is 6.92 Å². The molecule has 8 heteroatoms. The van der Waals surface area contributed by atoms with Gasteiger partial charge in [0, 0.05) is 13.0 Å². The molecule has 1 amide bonds. The number of aryl methyl sites for hydroxylation is 2. The number of amides is 1. The van der Waals surface area contributed by atoms with Gasteiger partial charge in [0.15, 0.2) is 5.82 Å². The normalized spacial score (nSPS) is 18.7. The highest BCUT2D eigenvalue weighted by Crippen LogP contribution is 2.30. The van der Waals surface area contributed by atoms with Crippen LogP contribution in [0.3, 0.4) is 0 Å². The molecular weight excluding hydrogens is 320 g/mol. The van der Waals surface area contributed by atoms with E-state index in [-0.39, 0.29) is 17.5 Å². The number of hydrogen-bond acceptors (Lipinski definition) is 6. The zero-order chi connectivity index (χ0) is 18.2. The van der Waals surface area contributed by atoms with Crippen molar-refractivity contribution in [2.24, 2.45) is 0 Å². The lowest BCUT2D eigenvalue weighted by Crippen LogP contribution is -2.34. The molecule has 1 N–H and O–H groups in total. The van der Waals surface area contributed by atoms with Gasteiger partial charge in [-0.2, -0.15) is 10.1 Å². The molecule has 1 aliphatic heterocycles. The Hall–Kier alpha value is -2.22. The molecule has 0 radical (unpaired) electrons. The predicted molar refractivity (Wildman–Crippen MR) is 93.2 cm³/mol. The second kappa shape index (κ2) is 6.59. The Bertz CT molecular complexity index is 758. The van der Waals surface area contributed by atoms with Gasteiger partial charge in [-0.1, -0.05) is 5.16 Å². The van der Waals surface area contributed by atoms with Crippen LogP contribution in [0.4, 0.5) is 5.82 Å². The maximum atomic E-state index is 12.6. The SMILES string of the molecule is Cc1cc(NC(=O)CN2CCC[C@@H]2c2noc(C)n2)n(C(C)(C)C)n1. The molecule has 1 atom stereocenters. The van der Waals surface area contributed by atoms with Crippen molar-refractivity contribution in [3.63, 3.8) is 0 Å². The number of nitrogens with one attached hydrogen (secondary N) is 1. The second-order valence-corrected chi connectivity index (χ2v) is 7.60. The minimum absolute atomic E-state index is 0.0393. The molecule has 8 nitrogen and oxygen atoms in total. The van der Waals surface area contributed by atoms with Crippen LogP contribution in [0.1, 0.15) is 57.1 Å². The largest absolute Gasteiger partial charge is 0.340 e. The van der Waals surface area contributed by atoms with E-state index in [0.717, 1.165) is 30.9 Å². The Morgan fingerprint density at radius 3 is 2.80 bits per heavy atom. The molecule has 0 bridgehead atoms. The molecule has 136 valence electrons. The number of likely N-dealkylation sites (tertiary alicyclic amines) is 1. The first-order valence-electron chi connectivity index (χ1n) is 8.65. The molecule has 3 heterocycles. The summed E-state index contributed by atoms with van der Waals surface area (Å²) in [6.07, 6.45) is 1.95. The number of carbonyl (C=O) groups is 1. The molecular formula is C17H26N6O2. The topological polar surface area (TPSA) is 89.1 Å². The van der Waals surface area contributed by atoms with Gasteiger partial charge in [0.1, 0.15) is 5.82 Å². The zero-order valence-corrected chi connectivity index (χ0v) is 15.5. The van der Waals surface area contributed by atoms with Crippen LogP contribution in [0.5, 0.6) is 0 Å². The van der Waals surface area contributed by atoms with E-state index in [4.69, 9.17) is 4.52 Å². The van der Waals surface area contributed by atoms with E-state index in [0.29, 0.717) is 18.3 Å². The first-order chi connectivity index (χ1) is 11.7. The average Bonchev–Trinajstić information content (AvgIpc) is 3.18. The van der Waals surface area contributed by atoms with Crippen LogP contribution in [-0.2, 0) is 10.3 Å². The van der Waals surface area contributed by atoms with Crippen molar-refractivity contribution in [2.75, 3.05) is 18.4 Å². The van der Waals surface area contributed by atoms with Gasteiger partial charge in [0.25, 0.3) is 0 Å². The van der Waals surface area contributed by atoms with Gasteiger partial charge in [-0.05, 0) is 47.1 Å². The second-order valence-electron chi connectivity index (χ2n) is 7.60. The molecule has 0 spiro atoms. The summed E-state index contributed by atoms with van der Waals surface area (Å²) in [4.78, 5) is 19.0. The molecule has 2 aromatic heterocycles. The van der Waals surface area contributed by atoms with Gasteiger partial charge < -0.3 is 9.84 Å². The summed E-state index contributed by atoms with van der Waals surface area (Å²) in [5.41, 5.74) is 0.682. The third-order valence-corrected chi connectivity index (χ3v) is 4.29. The summed E-state index contributed by atoms with van der Waals surface area (Å²) in [5.74, 6) is 1.88. The Balaban J connectivity index is 1.69. The summed E-state index contributed by atoms with van der Waals surface area (Å²) < 4.78 is 6.93. The minimum Gasteiger partial charge on any atom is -0.340 e. The lowest BCUT2D eigenvalue weighted by Gasteiger charge is -2.24. The zero-order valence-electron chi connectivity index (χ0n) is 15.5. The fraction of sp³-hybridized carbons (Fsp3) is 0.647. The first kappa shape index (κ1) is 17.6. The first-order valence-corrected chi connectivity index (χ1v) is 8.65. The average molecular weight is 346 g/mol. The molecule has 0 unspecified atom stereocenters. The fourth-order valence-electron chi connectivity index (χ4n) is 3.22. The van der Waals surface area contributed by atoms with Crippen molar-refractivity contribution in [2.45, 2.75) is 59.0 Å².